The van der Waals surface area contributed by atoms with Gasteiger partial charge in [-0.1, -0.05) is 74.4 Å². The Morgan fingerprint density at radius 1 is 0.926 bits per heavy atom. The molecule has 0 aromatic heterocycles. The van der Waals surface area contributed by atoms with Gasteiger partial charge in [0.1, 0.15) is 35.8 Å². The lowest BCUT2D eigenvalue weighted by Crippen LogP contribution is -2.61. The minimum atomic E-state index is -0.0725. The molecular formula is C44H66N4O6. The molecule has 10 nitrogen and oxygen atoms in total. The standard InChI is InChI=1S/C20H33N3O3.C18H21NO.C6H12O2/c1-21-19-18(25)8-7-17(20(19)26-14-13-24)9-10-22-11-12-23(2)15-16-5-3-4-6-16;1-14(2)19-12-18(13-19,15-8-4-3-5-9-15)16-10-6-7-11-17(16)20;1-2-5-8-6-3-4-7/h7-8,13,16,21-22,25H,3-6,9-12,14-15H2,1-2H3;3-11,14,20H,12-13H2,1-2H3;4H,2-3,5-6H2,1H3. The van der Waals surface area contributed by atoms with E-state index in [1.807, 2.05) is 31.2 Å². The Morgan fingerprint density at radius 3 is 2.26 bits per heavy atom. The second-order valence-electron chi connectivity index (χ2n) is 14.6. The highest BCUT2D eigenvalue weighted by Crippen LogP contribution is 2.45. The van der Waals surface area contributed by atoms with Crippen molar-refractivity contribution < 1.29 is 29.3 Å². The van der Waals surface area contributed by atoms with Gasteiger partial charge in [0, 0.05) is 69.8 Å². The van der Waals surface area contributed by atoms with Gasteiger partial charge >= 0.3 is 0 Å². The number of hydrogen-bond donors (Lipinski definition) is 4. The lowest BCUT2D eigenvalue weighted by Gasteiger charge is -2.53. The van der Waals surface area contributed by atoms with Crippen LogP contribution in [0, 0.1) is 5.92 Å². The Kier molecular flexibility index (Phi) is 20.1. The van der Waals surface area contributed by atoms with Crippen LogP contribution in [0.1, 0.15) is 76.0 Å². The van der Waals surface area contributed by atoms with E-state index in [0.717, 1.165) is 75.5 Å². The Morgan fingerprint density at radius 2 is 1.63 bits per heavy atom. The van der Waals surface area contributed by atoms with Crippen LogP contribution in [-0.4, -0.2) is 112 Å². The number of likely N-dealkylation sites (tertiary alicyclic amines) is 1. The van der Waals surface area contributed by atoms with E-state index in [-0.39, 0.29) is 17.8 Å². The number of rotatable bonds is 20. The van der Waals surface area contributed by atoms with Crippen LogP contribution in [-0.2, 0) is 26.2 Å². The first-order valence-electron chi connectivity index (χ1n) is 19.8. The summed E-state index contributed by atoms with van der Waals surface area (Å²) in [6.07, 6.45) is 9.47. The van der Waals surface area contributed by atoms with Crippen molar-refractivity contribution in [3.63, 3.8) is 0 Å². The van der Waals surface area contributed by atoms with Crippen molar-refractivity contribution >= 4 is 18.3 Å². The fraction of sp³-hybridized carbons (Fsp3) is 0.545. The first-order valence-corrected chi connectivity index (χ1v) is 19.8. The van der Waals surface area contributed by atoms with Crippen LogP contribution in [0.4, 0.5) is 5.69 Å². The average molecular weight is 747 g/mol. The highest BCUT2D eigenvalue weighted by molar-refractivity contribution is 5.69. The zero-order valence-electron chi connectivity index (χ0n) is 33.4. The van der Waals surface area contributed by atoms with Gasteiger partial charge < -0.3 is 40.0 Å². The van der Waals surface area contributed by atoms with E-state index in [0.29, 0.717) is 42.5 Å². The Balaban J connectivity index is 0.000000247. The van der Waals surface area contributed by atoms with Crippen LogP contribution in [0.5, 0.6) is 17.2 Å². The lowest BCUT2D eigenvalue weighted by atomic mass is 9.68. The fourth-order valence-corrected chi connectivity index (χ4v) is 7.21. The number of phenols is 2. The lowest BCUT2D eigenvalue weighted by molar-refractivity contribution is -0.110. The number of benzene rings is 3. The predicted octanol–water partition coefficient (Wildman–Crippen LogP) is 6.67. The monoisotopic (exact) mass is 746 g/mol. The molecule has 1 saturated heterocycles. The smallest absolute Gasteiger partial charge is 0.157 e. The molecule has 0 atom stereocenters. The number of para-hydroxylation sites is 1. The summed E-state index contributed by atoms with van der Waals surface area (Å²) >= 11 is 0. The molecule has 1 heterocycles. The van der Waals surface area contributed by atoms with Gasteiger partial charge in [-0.15, -0.1) is 0 Å². The number of carbonyl (C=O) groups is 2. The van der Waals surface area contributed by atoms with Crippen LogP contribution >= 0.6 is 0 Å². The molecular weight excluding hydrogens is 681 g/mol. The van der Waals surface area contributed by atoms with Crippen molar-refractivity contribution in [3.8, 4) is 17.2 Å². The number of anilines is 1. The van der Waals surface area contributed by atoms with E-state index in [2.05, 4.69) is 71.7 Å². The molecule has 298 valence electrons. The van der Waals surface area contributed by atoms with Crippen LogP contribution in [0.25, 0.3) is 0 Å². The van der Waals surface area contributed by atoms with Crippen molar-refractivity contribution in [3.05, 3.63) is 83.4 Å². The van der Waals surface area contributed by atoms with Crippen LogP contribution in [0.3, 0.4) is 0 Å². The number of hydrogen-bond acceptors (Lipinski definition) is 10. The number of likely N-dealkylation sites (N-methyl/N-ethyl adjacent to an activating group) is 1. The molecule has 3 aromatic rings. The summed E-state index contributed by atoms with van der Waals surface area (Å²) in [7, 11) is 3.93. The second-order valence-corrected chi connectivity index (χ2v) is 14.6. The minimum absolute atomic E-state index is 0.0233. The molecule has 1 aliphatic carbocycles. The third-order valence-corrected chi connectivity index (χ3v) is 10.2. The number of aldehydes is 2. The zero-order chi connectivity index (χ0) is 39.2. The first kappa shape index (κ1) is 44.4. The molecule has 10 heteroatoms. The van der Waals surface area contributed by atoms with Crippen molar-refractivity contribution in [1.29, 1.82) is 0 Å². The zero-order valence-corrected chi connectivity index (χ0v) is 33.4. The summed E-state index contributed by atoms with van der Waals surface area (Å²) in [4.78, 5) is 25.2. The van der Waals surface area contributed by atoms with Gasteiger partial charge in [0.05, 0.1) is 6.61 Å². The van der Waals surface area contributed by atoms with Crippen molar-refractivity contribution in [2.24, 2.45) is 5.92 Å². The number of aromatic hydroxyl groups is 2. The highest BCUT2D eigenvalue weighted by atomic mass is 16.5. The summed E-state index contributed by atoms with van der Waals surface area (Å²) in [5.41, 5.74) is 3.76. The van der Waals surface area contributed by atoms with E-state index < -0.39 is 0 Å². The summed E-state index contributed by atoms with van der Waals surface area (Å²) in [6, 6.07) is 22.3. The molecule has 0 unspecified atom stereocenters. The van der Waals surface area contributed by atoms with Crippen molar-refractivity contribution in [2.45, 2.75) is 77.2 Å². The highest BCUT2D eigenvalue weighted by Gasteiger charge is 2.47. The average Bonchev–Trinajstić information content (AvgIpc) is 3.67. The maximum atomic E-state index is 10.6. The fourth-order valence-electron chi connectivity index (χ4n) is 7.21. The van der Waals surface area contributed by atoms with Gasteiger partial charge in [0.2, 0.25) is 0 Å². The Labute approximate surface area is 324 Å². The van der Waals surface area contributed by atoms with E-state index in [1.165, 1.54) is 37.8 Å². The Bertz CT molecular complexity index is 1490. The molecule has 1 saturated carbocycles. The Hall–Kier alpha value is -3.96. The molecule has 2 fully saturated rings. The third kappa shape index (κ3) is 13.7. The van der Waals surface area contributed by atoms with E-state index in [9.17, 15) is 19.8 Å². The minimum Gasteiger partial charge on any atom is -0.508 e. The van der Waals surface area contributed by atoms with Gasteiger partial charge in [0.15, 0.2) is 6.29 Å². The summed E-state index contributed by atoms with van der Waals surface area (Å²) in [5, 5.41) is 26.7. The number of nitrogens with one attached hydrogen (secondary N) is 2. The normalized spacial score (nSPS) is 15.1. The summed E-state index contributed by atoms with van der Waals surface area (Å²) in [6.45, 7) is 13.8. The largest absolute Gasteiger partial charge is 0.508 e. The molecule has 0 amide bonds. The molecule has 0 radical (unpaired) electrons. The van der Waals surface area contributed by atoms with Gasteiger partial charge in [0.25, 0.3) is 0 Å². The number of ether oxygens (including phenoxy) is 2. The molecule has 1 aliphatic heterocycles. The van der Waals surface area contributed by atoms with Crippen molar-refractivity contribution in [1.82, 2.24) is 15.1 Å². The number of phenolic OH excluding ortho intramolecular Hbond substituents is 2. The maximum absolute atomic E-state index is 10.6. The summed E-state index contributed by atoms with van der Waals surface area (Å²) < 4.78 is 10.5. The third-order valence-electron chi connectivity index (χ3n) is 10.2. The SMILES string of the molecule is CC(C)N1CC(c2ccccc2)(c2ccccc2O)C1.CCCOCCC=O.CNc1c(O)ccc(CCNCCN(C)CC2CCCC2)c1OCC=O. The predicted molar refractivity (Wildman–Crippen MR) is 219 cm³/mol. The van der Waals surface area contributed by atoms with Crippen LogP contribution < -0.4 is 15.4 Å². The van der Waals surface area contributed by atoms with E-state index in [1.54, 1.807) is 19.2 Å². The summed E-state index contributed by atoms with van der Waals surface area (Å²) in [5.74, 6) is 1.97. The van der Waals surface area contributed by atoms with Crippen molar-refractivity contribution in [2.75, 3.05) is 78.5 Å². The molecule has 2 aliphatic rings. The maximum Gasteiger partial charge on any atom is 0.157 e. The molecule has 4 N–H and O–H groups in total. The van der Waals surface area contributed by atoms with Gasteiger partial charge in [-0.3, -0.25) is 9.69 Å². The van der Waals surface area contributed by atoms with Crippen LogP contribution in [0.2, 0.25) is 0 Å². The number of carbonyl (C=O) groups excluding carboxylic acids is 2. The first-order chi connectivity index (χ1) is 26.2. The van der Waals surface area contributed by atoms with E-state index >= 15 is 0 Å². The second kappa shape index (κ2) is 24.4. The van der Waals surface area contributed by atoms with Gasteiger partial charge in [-0.05, 0) is 82.3 Å². The molecule has 54 heavy (non-hydrogen) atoms. The molecule has 5 rings (SSSR count). The van der Waals surface area contributed by atoms with Gasteiger partial charge in [-0.25, -0.2) is 0 Å². The van der Waals surface area contributed by atoms with Crippen LogP contribution in [0.15, 0.2) is 66.7 Å². The van der Waals surface area contributed by atoms with Gasteiger partial charge in [-0.2, -0.15) is 0 Å². The topological polar surface area (TPSA) is 124 Å². The van der Waals surface area contributed by atoms with E-state index in [4.69, 9.17) is 9.47 Å². The molecule has 3 aromatic carbocycles. The molecule has 0 bridgehead atoms. The quantitative estimate of drug-likeness (QED) is 0.0567. The number of nitrogens with zero attached hydrogens (tertiary/aromatic N) is 2. The molecule has 0 spiro atoms.